The van der Waals surface area contributed by atoms with E-state index < -0.39 is 0 Å². The van der Waals surface area contributed by atoms with Crippen molar-refractivity contribution >= 4 is 23.3 Å². The second-order valence-electron chi connectivity index (χ2n) is 6.71. The number of benzene rings is 1. The number of likely N-dealkylation sites (tertiary alicyclic amines) is 1. The summed E-state index contributed by atoms with van der Waals surface area (Å²) in [5.74, 6) is 0.0402. The van der Waals surface area contributed by atoms with Gasteiger partial charge in [0.05, 0.1) is 5.56 Å². The first kappa shape index (κ1) is 19.1. The second kappa shape index (κ2) is 9.30. The maximum atomic E-state index is 12.9. The molecule has 25 heavy (non-hydrogen) atoms. The lowest BCUT2D eigenvalue weighted by Crippen LogP contribution is -2.36. The van der Waals surface area contributed by atoms with Crippen LogP contribution in [0.2, 0.25) is 0 Å². The van der Waals surface area contributed by atoms with Gasteiger partial charge in [-0.15, -0.1) is 0 Å². The Hall–Kier alpha value is -2.24. The number of hydrogen-bond donors (Lipinski definition) is 2. The second-order valence-corrected chi connectivity index (χ2v) is 6.71. The number of unbranched alkanes of at least 4 members (excludes halogenated alkanes) is 1. The van der Waals surface area contributed by atoms with Crippen LogP contribution in [0.5, 0.6) is 0 Å². The molecule has 0 bridgehead atoms. The highest BCUT2D eigenvalue weighted by atomic mass is 16.2. The van der Waals surface area contributed by atoms with E-state index in [4.69, 9.17) is 0 Å². The third-order valence-electron chi connectivity index (χ3n) is 4.43. The third kappa shape index (κ3) is 5.37. The van der Waals surface area contributed by atoms with Crippen molar-refractivity contribution in [2.75, 3.05) is 43.9 Å². The molecule has 0 atom stereocenters. The molecule has 138 valence electrons. The van der Waals surface area contributed by atoms with Gasteiger partial charge in [0, 0.05) is 45.1 Å². The van der Waals surface area contributed by atoms with E-state index in [1.54, 1.807) is 6.07 Å². The van der Waals surface area contributed by atoms with Crippen LogP contribution >= 0.6 is 0 Å². The highest BCUT2D eigenvalue weighted by Gasteiger charge is 2.22. The molecule has 2 N–H and O–H groups in total. The van der Waals surface area contributed by atoms with Gasteiger partial charge in [-0.3, -0.25) is 4.79 Å². The van der Waals surface area contributed by atoms with Gasteiger partial charge in [0.15, 0.2) is 0 Å². The summed E-state index contributed by atoms with van der Waals surface area (Å²) in [6.45, 7) is 4.34. The first-order valence-electron chi connectivity index (χ1n) is 9.18. The molecule has 6 nitrogen and oxygen atoms in total. The van der Waals surface area contributed by atoms with Crippen LogP contribution in [0.25, 0.3) is 0 Å². The summed E-state index contributed by atoms with van der Waals surface area (Å²) in [5.41, 5.74) is 2.14. The Kier molecular flexibility index (Phi) is 7.10. The standard InChI is InChI=1S/C19H30N4O2/c1-4-5-11-20-19(25)21-15-9-10-17(22(2)3)16(14-15)18(24)23-12-7-6-8-13-23/h9-10,14H,4-8,11-13H2,1-3H3,(H2,20,21,25). The predicted octanol–water partition coefficient (Wildman–Crippen LogP) is 3.30. The van der Waals surface area contributed by atoms with Crippen molar-refractivity contribution in [2.24, 2.45) is 0 Å². The SMILES string of the molecule is CCCCNC(=O)Nc1ccc(N(C)C)c(C(=O)N2CCCCC2)c1. The fraction of sp³-hybridized carbons (Fsp3) is 0.579. The molecule has 0 unspecified atom stereocenters. The molecule has 1 aliphatic heterocycles. The lowest BCUT2D eigenvalue weighted by atomic mass is 10.1. The number of nitrogens with one attached hydrogen (secondary N) is 2. The minimum atomic E-state index is -0.234. The zero-order chi connectivity index (χ0) is 18.2. The summed E-state index contributed by atoms with van der Waals surface area (Å²) in [6.07, 6.45) is 5.28. The Labute approximate surface area is 150 Å². The molecule has 1 saturated heterocycles. The molecule has 1 aromatic carbocycles. The van der Waals surface area contributed by atoms with Crippen molar-refractivity contribution in [1.29, 1.82) is 0 Å². The monoisotopic (exact) mass is 346 g/mol. The Bertz CT molecular complexity index is 595. The van der Waals surface area contributed by atoms with Crippen LogP contribution in [0, 0.1) is 0 Å². The maximum absolute atomic E-state index is 12.9. The number of hydrogen-bond acceptors (Lipinski definition) is 3. The summed E-state index contributed by atoms with van der Waals surface area (Å²) < 4.78 is 0. The predicted molar refractivity (Wildman–Crippen MR) is 102 cm³/mol. The van der Waals surface area contributed by atoms with Gasteiger partial charge in [0.1, 0.15) is 0 Å². The number of carbonyl (C=O) groups is 2. The van der Waals surface area contributed by atoms with Crippen LogP contribution in [0.1, 0.15) is 49.4 Å². The number of piperidine rings is 1. The summed E-state index contributed by atoms with van der Waals surface area (Å²) in [5, 5.41) is 5.65. The molecule has 6 heteroatoms. The normalized spacial score (nSPS) is 14.1. The van der Waals surface area contributed by atoms with Gasteiger partial charge < -0.3 is 20.4 Å². The minimum absolute atomic E-state index is 0.0402. The fourth-order valence-electron chi connectivity index (χ4n) is 3.00. The van der Waals surface area contributed by atoms with Crippen molar-refractivity contribution in [1.82, 2.24) is 10.2 Å². The lowest BCUT2D eigenvalue weighted by molar-refractivity contribution is 0.0725. The molecule has 0 aliphatic carbocycles. The Morgan fingerprint density at radius 1 is 1.16 bits per heavy atom. The number of rotatable bonds is 6. The number of nitrogens with zero attached hydrogens (tertiary/aromatic N) is 2. The van der Waals surface area contributed by atoms with Crippen molar-refractivity contribution in [2.45, 2.75) is 39.0 Å². The van der Waals surface area contributed by atoms with Crippen LogP contribution in [0.3, 0.4) is 0 Å². The van der Waals surface area contributed by atoms with Crippen LogP contribution in [0.15, 0.2) is 18.2 Å². The Balaban J connectivity index is 2.15. The third-order valence-corrected chi connectivity index (χ3v) is 4.43. The summed E-state index contributed by atoms with van der Waals surface area (Å²) >= 11 is 0. The summed E-state index contributed by atoms with van der Waals surface area (Å²) in [4.78, 5) is 28.8. The van der Waals surface area contributed by atoms with Crippen molar-refractivity contribution in [3.8, 4) is 0 Å². The molecule has 1 fully saturated rings. The molecule has 1 aliphatic rings. The van der Waals surface area contributed by atoms with Gasteiger partial charge >= 0.3 is 6.03 Å². The molecule has 0 radical (unpaired) electrons. The van der Waals surface area contributed by atoms with E-state index >= 15 is 0 Å². The van der Waals surface area contributed by atoms with Crippen molar-refractivity contribution in [3.05, 3.63) is 23.8 Å². The van der Waals surface area contributed by atoms with E-state index in [2.05, 4.69) is 17.6 Å². The summed E-state index contributed by atoms with van der Waals surface area (Å²) in [6, 6.07) is 5.27. The van der Waals surface area contributed by atoms with Crippen LogP contribution in [0.4, 0.5) is 16.2 Å². The minimum Gasteiger partial charge on any atom is -0.377 e. The van der Waals surface area contributed by atoms with Gasteiger partial charge in [0.2, 0.25) is 0 Å². The van der Waals surface area contributed by atoms with E-state index in [-0.39, 0.29) is 11.9 Å². The van der Waals surface area contributed by atoms with Crippen LogP contribution < -0.4 is 15.5 Å². The Morgan fingerprint density at radius 3 is 2.52 bits per heavy atom. The van der Waals surface area contributed by atoms with Gasteiger partial charge in [0.25, 0.3) is 5.91 Å². The van der Waals surface area contributed by atoms with E-state index in [1.165, 1.54) is 6.42 Å². The molecule has 2 rings (SSSR count). The number of carbonyl (C=O) groups excluding carboxylic acids is 2. The average Bonchev–Trinajstić information content (AvgIpc) is 2.61. The maximum Gasteiger partial charge on any atom is 0.319 e. The van der Waals surface area contributed by atoms with Gasteiger partial charge in [-0.2, -0.15) is 0 Å². The first-order chi connectivity index (χ1) is 12.0. The molecule has 1 aromatic rings. The zero-order valence-electron chi connectivity index (χ0n) is 15.6. The van der Waals surface area contributed by atoms with E-state index in [0.717, 1.165) is 44.5 Å². The highest BCUT2D eigenvalue weighted by Crippen LogP contribution is 2.25. The molecular weight excluding hydrogens is 316 g/mol. The summed E-state index contributed by atoms with van der Waals surface area (Å²) in [7, 11) is 3.85. The first-order valence-corrected chi connectivity index (χ1v) is 9.18. The largest absolute Gasteiger partial charge is 0.377 e. The highest BCUT2D eigenvalue weighted by molar-refractivity contribution is 6.02. The number of amides is 3. The van der Waals surface area contributed by atoms with Gasteiger partial charge in [-0.1, -0.05) is 13.3 Å². The van der Waals surface area contributed by atoms with Crippen LogP contribution in [-0.4, -0.2) is 50.6 Å². The van der Waals surface area contributed by atoms with E-state index in [9.17, 15) is 9.59 Å². The van der Waals surface area contributed by atoms with Crippen molar-refractivity contribution in [3.63, 3.8) is 0 Å². The van der Waals surface area contributed by atoms with Gasteiger partial charge in [-0.25, -0.2) is 4.79 Å². The molecule has 3 amide bonds. The topological polar surface area (TPSA) is 64.7 Å². The van der Waals surface area contributed by atoms with Crippen molar-refractivity contribution < 1.29 is 9.59 Å². The quantitative estimate of drug-likeness (QED) is 0.777. The van der Waals surface area contributed by atoms with Crippen LogP contribution in [-0.2, 0) is 0 Å². The lowest BCUT2D eigenvalue weighted by Gasteiger charge is -2.28. The fourth-order valence-corrected chi connectivity index (χ4v) is 3.00. The number of urea groups is 1. The molecule has 0 aromatic heterocycles. The van der Waals surface area contributed by atoms with E-state index in [0.29, 0.717) is 17.8 Å². The number of anilines is 2. The molecular formula is C19H30N4O2. The van der Waals surface area contributed by atoms with E-state index in [1.807, 2.05) is 36.0 Å². The smallest absolute Gasteiger partial charge is 0.319 e. The Morgan fingerprint density at radius 2 is 1.88 bits per heavy atom. The van der Waals surface area contributed by atoms with Gasteiger partial charge in [-0.05, 0) is 43.9 Å². The molecule has 0 spiro atoms. The average molecular weight is 346 g/mol. The zero-order valence-corrected chi connectivity index (χ0v) is 15.6. The molecule has 0 saturated carbocycles. The molecule has 1 heterocycles.